The van der Waals surface area contributed by atoms with Gasteiger partial charge in [0.05, 0.1) is 12.2 Å². The third-order valence-electron chi connectivity index (χ3n) is 4.04. The van der Waals surface area contributed by atoms with E-state index in [4.69, 9.17) is 9.47 Å². The zero-order valence-electron chi connectivity index (χ0n) is 13.8. The normalized spacial score (nSPS) is 12.5. The lowest BCUT2D eigenvalue weighted by atomic mass is 10.2. The van der Waals surface area contributed by atoms with Crippen LogP contribution in [0.4, 0.5) is 4.79 Å². The van der Waals surface area contributed by atoms with Gasteiger partial charge in [0.25, 0.3) is 0 Å². The van der Waals surface area contributed by atoms with Gasteiger partial charge in [-0.05, 0) is 24.6 Å². The summed E-state index contributed by atoms with van der Waals surface area (Å²) >= 11 is 1.57. The topological polar surface area (TPSA) is 68.1 Å². The molecule has 3 heterocycles. The monoisotopic (exact) mass is 358 g/mol. The number of hydrogen-bond acceptors (Lipinski definition) is 5. The van der Waals surface area contributed by atoms with Gasteiger partial charge in [-0.15, -0.1) is 11.3 Å². The Balaban J connectivity index is 1.38. The van der Waals surface area contributed by atoms with Crippen molar-refractivity contribution in [1.82, 2.24) is 19.6 Å². The van der Waals surface area contributed by atoms with Crippen LogP contribution < -0.4 is 14.8 Å². The van der Waals surface area contributed by atoms with Crippen molar-refractivity contribution in [1.29, 1.82) is 0 Å². The highest BCUT2D eigenvalue weighted by Gasteiger charge is 2.17. The lowest BCUT2D eigenvalue weighted by Crippen LogP contribution is -2.39. The van der Waals surface area contributed by atoms with Crippen LogP contribution in [0.25, 0.3) is 4.96 Å². The van der Waals surface area contributed by atoms with Crippen molar-refractivity contribution in [2.75, 3.05) is 13.3 Å². The Kier molecular flexibility index (Phi) is 4.19. The first kappa shape index (κ1) is 15.8. The van der Waals surface area contributed by atoms with Crippen LogP contribution in [-0.2, 0) is 13.1 Å². The molecule has 0 aliphatic carbocycles. The number of carbonyl (C=O) groups excluding carboxylic acids is 1. The molecule has 2 amide bonds. The second kappa shape index (κ2) is 6.64. The molecule has 0 bridgehead atoms. The summed E-state index contributed by atoms with van der Waals surface area (Å²) in [6, 6.07) is 5.63. The van der Waals surface area contributed by atoms with Crippen molar-refractivity contribution in [3.05, 3.63) is 47.2 Å². The first-order valence-corrected chi connectivity index (χ1v) is 8.93. The number of benzene rings is 1. The zero-order valence-corrected chi connectivity index (χ0v) is 14.6. The highest BCUT2D eigenvalue weighted by atomic mass is 32.1. The molecule has 0 atom stereocenters. The number of nitrogens with zero attached hydrogens (tertiary/aromatic N) is 3. The van der Waals surface area contributed by atoms with Crippen LogP contribution in [0, 0.1) is 0 Å². The summed E-state index contributed by atoms with van der Waals surface area (Å²) in [5.74, 6) is 1.48. The lowest BCUT2D eigenvalue weighted by molar-refractivity contribution is 0.173. The number of amides is 2. The minimum atomic E-state index is -0.114. The molecule has 4 rings (SSSR count). The molecule has 0 fully saturated rings. The van der Waals surface area contributed by atoms with Gasteiger partial charge in [0.2, 0.25) is 6.79 Å². The number of urea groups is 1. The first-order valence-electron chi connectivity index (χ1n) is 8.05. The summed E-state index contributed by atoms with van der Waals surface area (Å²) in [6.07, 6.45) is 3.89. The maximum Gasteiger partial charge on any atom is 0.318 e. The number of carbonyl (C=O) groups is 1. The minimum absolute atomic E-state index is 0.114. The molecule has 25 heavy (non-hydrogen) atoms. The van der Waals surface area contributed by atoms with E-state index in [9.17, 15) is 4.79 Å². The summed E-state index contributed by atoms with van der Waals surface area (Å²) in [6.45, 7) is 3.73. The molecule has 1 aliphatic rings. The Labute approximate surface area is 148 Å². The molecule has 1 N–H and O–H groups in total. The maximum atomic E-state index is 12.5. The van der Waals surface area contributed by atoms with E-state index in [1.807, 2.05) is 47.3 Å². The average molecular weight is 358 g/mol. The molecule has 0 spiro atoms. The van der Waals surface area contributed by atoms with Crippen molar-refractivity contribution < 1.29 is 14.3 Å². The van der Waals surface area contributed by atoms with Crippen molar-refractivity contribution in [3.8, 4) is 11.5 Å². The van der Waals surface area contributed by atoms with Gasteiger partial charge in [0, 0.05) is 30.9 Å². The molecule has 130 valence electrons. The van der Waals surface area contributed by atoms with Gasteiger partial charge in [-0.3, -0.25) is 4.40 Å². The predicted molar refractivity (Wildman–Crippen MR) is 94.0 cm³/mol. The van der Waals surface area contributed by atoms with Gasteiger partial charge in [-0.1, -0.05) is 6.07 Å². The van der Waals surface area contributed by atoms with E-state index >= 15 is 0 Å². The van der Waals surface area contributed by atoms with Gasteiger partial charge in [0.15, 0.2) is 16.5 Å². The summed E-state index contributed by atoms with van der Waals surface area (Å²) < 4.78 is 12.7. The fraction of sp³-hybridized carbons (Fsp3) is 0.294. The number of nitrogens with one attached hydrogen (secondary N) is 1. The van der Waals surface area contributed by atoms with Crippen LogP contribution in [0.5, 0.6) is 11.5 Å². The standard InChI is InChI=1S/C17H18N4O3S/c1-2-20(9-12-3-4-14-15(7-12)24-11-23-14)16(22)18-8-13-10-21-5-6-25-17(21)19-13/h3-7,10H,2,8-9,11H2,1H3,(H,18,22). The smallest absolute Gasteiger partial charge is 0.318 e. The average Bonchev–Trinajstić information content (AvgIpc) is 3.32. The second-order valence-electron chi connectivity index (χ2n) is 5.69. The first-order chi connectivity index (χ1) is 12.2. The molecule has 2 aromatic heterocycles. The molecule has 1 aromatic carbocycles. The number of hydrogen-bond donors (Lipinski definition) is 1. The summed E-state index contributed by atoms with van der Waals surface area (Å²) in [7, 11) is 0. The molecule has 8 heteroatoms. The third kappa shape index (κ3) is 3.25. The van der Waals surface area contributed by atoms with Gasteiger partial charge in [0.1, 0.15) is 0 Å². The molecule has 0 saturated heterocycles. The number of aromatic nitrogens is 2. The predicted octanol–water partition coefficient (Wildman–Crippen LogP) is 2.86. The number of fused-ring (bicyclic) bond motifs is 2. The van der Waals surface area contributed by atoms with Gasteiger partial charge < -0.3 is 19.7 Å². The summed E-state index contributed by atoms with van der Waals surface area (Å²) in [4.78, 5) is 19.6. The largest absolute Gasteiger partial charge is 0.454 e. The Hall–Kier alpha value is -2.74. The van der Waals surface area contributed by atoms with E-state index < -0.39 is 0 Å². The molecule has 0 radical (unpaired) electrons. The third-order valence-corrected chi connectivity index (χ3v) is 4.81. The van der Waals surface area contributed by atoms with E-state index in [-0.39, 0.29) is 12.8 Å². The summed E-state index contributed by atoms with van der Waals surface area (Å²) in [5, 5.41) is 4.91. The van der Waals surface area contributed by atoms with E-state index in [1.54, 1.807) is 16.2 Å². The van der Waals surface area contributed by atoms with Crippen LogP contribution in [0.2, 0.25) is 0 Å². The molecular formula is C17H18N4O3S. The fourth-order valence-corrected chi connectivity index (χ4v) is 3.45. The van der Waals surface area contributed by atoms with Gasteiger partial charge in [-0.2, -0.15) is 0 Å². The van der Waals surface area contributed by atoms with Gasteiger partial charge >= 0.3 is 6.03 Å². The van der Waals surface area contributed by atoms with Crippen LogP contribution in [0.1, 0.15) is 18.2 Å². The Morgan fingerprint density at radius 2 is 2.28 bits per heavy atom. The Morgan fingerprint density at radius 1 is 1.40 bits per heavy atom. The van der Waals surface area contributed by atoms with E-state index in [2.05, 4.69) is 10.3 Å². The van der Waals surface area contributed by atoms with Crippen LogP contribution in [0.15, 0.2) is 36.0 Å². The molecular weight excluding hydrogens is 340 g/mol. The van der Waals surface area contributed by atoms with Crippen LogP contribution in [0.3, 0.4) is 0 Å². The second-order valence-corrected chi connectivity index (χ2v) is 6.56. The number of ether oxygens (including phenoxy) is 2. The van der Waals surface area contributed by atoms with Gasteiger partial charge in [-0.25, -0.2) is 9.78 Å². The van der Waals surface area contributed by atoms with E-state index in [0.717, 1.165) is 27.7 Å². The zero-order chi connectivity index (χ0) is 17.2. The van der Waals surface area contributed by atoms with E-state index in [1.165, 1.54) is 0 Å². The Morgan fingerprint density at radius 3 is 3.12 bits per heavy atom. The maximum absolute atomic E-state index is 12.5. The molecule has 7 nitrogen and oxygen atoms in total. The van der Waals surface area contributed by atoms with E-state index in [0.29, 0.717) is 19.6 Å². The molecule has 0 unspecified atom stereocenters. The molecule has 1 aliphatic heterocycles. The quantitative estimate of drug-likeness (QED) is 0.761. The number of thiazole rings is 1. The highest BCUT2D eigenvalue weighted by Crippen LogP contribution is 2.32. The fourth-order valence-electron chi connectivity index (χ4n) is 2.73. The number of imidazole rings is 1. The van der Waals surface area contributed by atoms with Crippen molar-refractivity contribution >= 4 is 22.3 Å². The molecule has 0 saturated carbocycles. The Bertz CT molecular complexity index is 876. The van der Waals surface area contributed by atoms with Crippen LogP contribution in [-0.4, -0.2) is 33.7 Å². The number of rotatable bonds is 5. The molecule has 3 aromatic rings. The van der Waals surface area contributed by atoms with Crippen LogP contribution >= 0.6 is 11.3 Å². The minimum Gasteiger partial charge on any atom is -0.454 e. The summed E-state index contributed by atoms with van der Waals surface area (Å²) in [5.41, 5.74) is 1.85. The van der Waals surface area contributed by atoms with Crippen molar-refractivity contribution in [2.24, 2.45) is 0 Å². The van der Waals surface area contributed by atoms with Crippen molar-refractivity contribution in [3.63, 3.8) is 0 Å². The lowest BCUT2D eigenvalue weighted by Gasteiger charge is -2.21. The SMILES string of the molecule is CCN(Cc1ccc2c(c1)OCO2)C(=O)NCc1cn2ccsc2n1. The highest BCUT2D eigenvalue weighted by molar-refractivity contribution is 7.15. The van der Waals surface area contributed by atoms with Crippen molar-refractivity contribution in [2.45, 2.75) is 20.0 Å².